The number of carbonyl (C=O) groups excluding carboxylic acids is 1. The van der Waals surface area contributed by atoms with E-state index in [2.05, 4.69) is 73.6 Å². The molecular formula is C35H36F3N7O3. The van der Waals surface area contributed by atoms with Gasteiger partial charge in [-0.15, -0.1) is 10.2 Å². The molecule has 0 saturated carbocycles. The predicted octanol–water partition coefficient (Wildman–Crippen LogP) is 5.84. The van der Waals surface area contributed by atoms with E-state index >= 15 is 0 Å². The van der Waals surface area contributed by atoms with Gasteiger partial charge in [0.1, 0.15) is 5.82 Å². The zero-order valence-corrected chi connectivity index (χ0v) is 26.4. The SMILES string of the molecule is CC(C)(N)C(=O)N[C@H](Cc1c[nH]c2ccccc12)c1nnc(CCc2c[nH]c3ccccc23)n1Cc1ccccc1.O=C(O)C(F)(F)F. The number of aromatic amines is 2. The summed E-state index contributed by atoms with van der Waals surface area (Å²) in [4.78, 5) is 28.8. The lowest BCUT2D eigenvalue weighted by atomic mass is 10.0. The molecule has 6 N–H and O–H groups in total. The van der Waals surface area contributed by atoms with Crippen LogP contribution >= 0.6 is 0 Å². The summed E-state index contributed by atoms with van der Waals surface area (Å²) in [6, 6.07) is 26.4. The summed E-state index contributed by atoms with van der Waals surface area (Å²) in [5.41, 5.74) is 10.8. The molecule has 0 radical (unpaired) electrons. The summed E-state index contributed by atoms with van der Waals surface area (Å²) in [5.74, 6) is -1.41. The van der Waals surface area contributed by atoms with Crippen molar-refractivity contribution in [2.24, 2.45) is 5.73 Å². The molecule has 13 heteroatoms. The number of nitrogens with two attached hydrogens (primary N) is 1. The maximum atomic E-state index is 13.2. The molecule has 3 aromatic carbocycles. The van der Waals surface area contributed by atoms with Crippen LogP contribution in [0.5, 0.6) is 0 Å². The van der Waals surface area contributed by atoms with E-state index in [4.69, 9.17) is 20.7 Å². The Morgan fingerprint density at radius 3 is 1.98 bits per heavy atom. The number of carboxylic acids is 1. The van der Waals surface area contributed by atoms with Gasteiger partial charge in [0.15, 0.2) is 5.82 Å². The van der Waals surface area contributed by atoms with E-state index in [0.717, 1.165) is 39.8 Å². The molecule has 6 aromatic rings. The first-order valence-electron chi connectivity index (χ1n) is 15.3. The van der Waals surface area contributed by atoms with Gasteiger partial charge in [-0.25, -0.2) is 4.79 Å². The van der Waals surface area contributed by atoms with Crippen LogP contribution in [0.2, 0.25) is 0 Å². The molecule has 250 valence electrons. The molecule has 0 aliphatic rings. The first-order chi connectivity index (χ1) is 22.8. The highest BCUT2D eigenvalue weighted by atomic mass is 19.4. The van der Waals surface area contributed by atoms with E-state index in [1.807, 2.05) is 42.6 Å². The van der Waals surface area contributed by atoms with Crippen molar-refractivity contribution in [1.82, 2.24) is 30.0 Å². The van der Waals surface area contributed by atoms with Gasteiger partial charge in [0.25, 0.3) is 0 Å². The summed E-state index contributed by atoms with van der Waals surface area (Å²) < 4.78 is 33.9. The molecule has 0 spiro atoms. The van der Waals surface area contributed by atoms with Crippen LogP contribution in [0.15, 0.2) is 91.3 Å². The fourth-order valence-electron chi connectivity index (χ4n) is 5.39. The topological polar surface area (TPSA) is 155 Å². The van der Waals surface area contributed by atoms with Crippen LogP contribution in [0.3, 0.4) is 0 Å². The number of rotatable bonds is 10. The smallest absolute Gasteiger partial charge is 0.475 e. The van der Waals surface area contributed by atoms with Crippen molar-refractivity contribution in [2.75, 3.05) is 0 Å². The van der Waals surface area contributed by atoms with Crippen molar-refractivity contribution < 1.29 is 27.9 Å². The summed E-state index contributed by atoms with van der Waals surface area (Å²) in [6.45, 7) is 4.03. The van der Waals surface area contributed by atoms with Gasteiger partial charge >= 0.3 is 12.1 Å². The van der Waals surface area contributed by atoms with E-state index in [1.165, 1.54) is 10.9 Å². The number of amides is 1. The molecule has 0 aliphatic carbocycles. The highest BCUT2D eigenvalue weighted by molar-refractivity contribution is 5.86. The van der Waals surface area contributed by atoms with Crippen LogP contribution in [0.25, 0.3) is 21.8 Å². The highest BCUT2D eigenvalue weighted by Gasteiger charge is 2.38. The number of aromatic nitrogens is 5. The lowest BCUT2D eigenvalue weighted by Gasteiger charge is -2.25. The second-order valence-electron chi connectivity index (χ2n) is 12.0. The molecule has 1 atom stereocenters. The lowest BCUT2D eigenvalue weighted by molar-refractivity contribution is -0.192. The Balaban J connectivity index is 0.000000582. The fourth-order valence-corrected chi connectivity index (χ4v) is 5.39. The Morgan fingerprint density at radius 2 is 1.40 bits per heavy atom. The average Bonchev–Trinajstić information content (AvgIpc) is 3.77. The van der Waals surface area contributed by atoms with Gasteiger partial charge in [0.2, 0.25) is 5.91 Å². The number of fused-ring (bicyclic) bond motifs is 2. The normalized spacial score (nSPS) is 12.5. The molecule has 1 amide bonds. The average molecular weight is 660 g/mol. The predicted molar refractivity (Wildman–Crippen MR) is 176 cm³/mol. The van der Waals surface area contributed by atoms with Crippen LogP contribution in [-0.4, -0.2) is 53.4 Å². The molecule has 3 aromatic heterocycles. The molecule has 0 fully saturated rings. The number of carbonyl (C=O) groups is 2. The number of carboxylic acid groups (broad SMARTS) is 1. The first kappa shape index (κ1) is 33.9. The number of aryl methyl sites for hydroxylation is 2. The van der Waals surface area contributed by atoms with E-state index in [0.29, 0.717) is 25.2 Å². The second-order valence-corrected chi connectivity index (χ2v) is 12.0. The van der Waals surface area contributed by atoms with Gasteiger partial charge in [-0.05, 0) is 49.1 Å². The lowest BCUT2D eigenvalue weighted by Crippen LogP contribution is -2.50. The number of aliphatic carboxylic acids is 1. The summed E-state index contributed by atoms with van der Waals surface area (Å²) in [5, 5.41) is 22.1. The minimum absolute atomic E-state index is 0.239. The van der Waals surface area contributed by atoms with E-state index in [-0.39, 0.29) is 5.91 Å². The standard InChI is InChI=1S/C33H35N7O.C2HF3O2/c1-33(2,34)32(41)37-29(18-24-20-36-28-15-9-7-13-26(24)28)31-39-38-30(40(31)21-22-10-4-3-5-11-22)17-16-23-19-35-27-14-8-6-12-25(23)27;3-2(4,5)1(6)7/h3-15,19-20,29,35-36H,16-18,21,34H2,1-2H3,(H,37,41);(H,6,7)/t29-;/m1./s1. The third kappa shape index (κ3) is 8.10. The molecule has 0 aliphatic heterocycles. The van der Waals surface area contributed by atoms with Crippen molar-refractivity contribution in [3.05, 3.63) is 120 Å². The van der Waals surface area contributed by atoms with Crippen LogP contribution in [0, 0.1) is 0 Å². The largest absolute Gasteiger partial charge is 0.490 e. The minimum Gasteiger partial charge on any atom is -0.475 e. The number of para-hydroxylation sites is 2. The van der Waals surface area contributed by atoms with Crippen LogP contribution in [0.4, 0.5) is 13.2 Å². The highest BCUT2D eigenvalue weighted by Crippen LogP contribution is 2.26. The molecule has 0 bridgehead atoms. The number of hydrogen-bond acceptors (Lipinski definition) is 5. The van der Waals surface area contributed by atoms with Gasteiger partial charge < -0.3 is 30.7 Å². The van der Waals surface area contributed by atoms with Gasteiger partial charge in [-0.1, -0.05) is 66.7 Å². The zero-order chi connectivity index (χ0) is 34.5. The first-order valence-corrected chi connectivity index (χ1v) is 15.3. The molecule has 0 unspecified atom stereocenters. The van der Waals surface area contributed by atoms with E-state index in [1.54, 1.807) is 13.8 Å². The number of alkyl halides is 3. The maximum Gasteiger partial charge on any atom is 0.490 e. The van der Waals surface area contributed by atoms with Crippen LogP contribution < -0.4 is 11.1 Å². The second kappa shape index (κ2) is 14.1. The van der Waals surface area contributed by atoms with Crippen molar-refractivity contribution in [3.8, 4) is 0 Å². The van der Waals surface area contributed by atoms with Gasteiger partial charge in [0, 0.05) is 47.0 Å². The third-order valence-corrected chi connectivity index (χ3v) is 7.88. The number of nitrogens with one attached hydrogen (secondary N) is 3. The Bertz CT molecular complexity index is 2010. The van der Waals surface area contributed by atoms with Gasteiger partial charge in [-0.2, -0.15) is 13.2 Å². The Labute approximate surface area is 274 Å². The van der Waals surface area contributed by atoms with Crippen molar-refractivity contribution in [2.45, 2.75) is 57.4 Å². The quantitative estimate of drug-likeness (QED) is 0.124. The molecule has 48 heavy (non-hydrogen) atoms. The molecule has 6 rings (SSSR count). The maximum absolute atomic E-state index is 13.2. The van der Waals surface area contributed by atoms with E-state index < -0.39 is 23.7 Å². The summed E-state index contributed by atoms with van der Waals surface area (Å²) in [6.07, 6.45) is 1.06. The van der Waals surface area contributed by atoms with Crippen molar-refractivity contribution in [1.29, 1.82) is 0 Å². The van der Waals surface area contributed by atoms with Gasteiger partial charge in [-0.3, -0.25) is 4.79 Å². The van der Waals surface area contributed by atoms with Crippen LogP contribution in [0.1, 0.15) is 48.2 Å². The minimum atomic E-state index is -5.08. The Morgan fingerprint density at radius 1 is 0.854 bits per heavy atom. The summed E-state index contributed by atoms with van der Waals surface area (Å²) in [7, 11) is 0. The van der Waals surface area contributed by atoms with Crippen molar-refractivity contribution >= 4 is 33.7 Å². The van der Waals surface area contributed by atoms with Gasteiger partial charge in [0.05, 0.1) is 18.1 Å². The monoisotopic (exact) mass is 659 g/mol. The van der Waals surface area contributed by atoms with Crippen molar-refractivity contribution in [3.63, 3.8) is 0 Å². The Kier molecular flexibility index (Phi) is 9.99. The number of H-pyrrole nitrogens is 2. The number of benzene rings is 3. The zero-order valence-electron chi connectivity index (χ0n) is 26.4. The number of halogens is 3. The van der Waals surface area contributed by atoms with Crippen LogP contribution in [-0.2, 0) is 35.4 Å². The number of hydrogen-bond donors (Lipinski definition) is 5. The molecule has 10 nitrogen and oxygen atoms in total. The number of nitrogens with zero attached hydrogens (tertiary/aromatic N) is 3. The van der Waals surface area contributed by atoms with E-state index in [9.17, 15) is 18.0 Å². The molecule has 3 heterocycles. The summed E-state index contributed by atoms with van der Waals surface area (Å²) >= 11 is 0. The molecule has 0 saturated heterocycles. The fraction of sp³-hybridized carbons (Fsp3) is 0.257. The third-order valence-electron chi connectivity index (χ3n) is 7.88. The molecular weight excluding hydrogens is 623 g/mol. The Hall–Kier alpha value is -5.43.